The van der Waals surface area contributed by atoms with Crippen molar-refractivity contribution in [2.24, 2.45) is 0 Å². The Morgan fingerprint density at radius 3 is 1.28 bits per heavy atom. The lowest BCUT2D eigenvalue weighted by molar-refractivity contribution is 0.236. The van der Waals surface area contributed by atoms with Crippen molar-refractivity contribution in [2.45, 2.75) is 12.1 Å². The Kier molecular flexibility index (Phi) is 6.56. The van der Waals surface area contributed by atoms with Crippen LogP contribution in [0.3, 0.4) is 0 Å². The standard InChI is InChI=1S/C27H22F2N2O/c28-23-15-7-13-21(17-23)25(19-9-3-1-4-10-19)30-27(32)31-26(20-11-5-2-6-12-20)22-14-8-16-24(29)18-22/h1-18,25-26H,(H2,30,31,32)/t25-,26+. The van der Waals surface area contributed by atoms with Gasteiger partial charge in [-0.05, 0) is 46.5 Å². The summed E-state index contributed by atoms with van der Waals surface area (Å²) < 4.78 is 27.8. The molecule has 0 heterocycles. The molecule has 0 saturated heterocycles. The largest absolute Gasteiger partial charge is 0.327 e. The van der Waals surface area contributed by atoms with Gasteiger partial charge in [-0.3, -0.25) is 0 Å². The average Bonchev–Trinajstić information content (AvgIpc) is 2.82. The third-order valence-corrected chi connectivity index (χ3v) is 5.18. The lowest BCUT2D eigenvalue weighted by Crippen LogP contribution is -2.40. The Hall–Kier alpha value is -3.99. The minimum atomic E-state index is -0.559. The molecule has 0 aromatic heterocycles. The second kappa shape index (κ2) is 9.88. The van der Waals surface area contributed by atoms with Gasteiger partial charge in [0.2, 0.25) is 0 Å². The zero-order valence-corrected chi connectivity index (χ0v) is 17.2. The van der Waals surface area contributed by atoms with Crippen molar-refractivity contribution >= 4 is 6.03 Å². The summed E-state index contributed by atoms with van der Waals surface area (Å²) in [5.74, 6) is -0.764. The number of rotatable bonds is 6. The van der Waals surface area contributed by atoms with Gasteiger partial charge in [0.25, 0.3) is 0 Å². The maximum Gasteiger partial charge on any atom is 0.316 e. The molecule has 0 aliphatic heterocycles. The average molecular weight is 428 g/mol. The van der Waals surface area contributed by atoms with E-state index in [1.165, 1.54) is 24.3 Å². The van der Waals surface area contributed by atoms with Gasteiger partial charge in [-0.2, -0.15) is 0 Å². The van der Waals surface area contributed by atoms with E-state index in [-0.39, 0.29) is 11.6 Å². The minimum absolute atomic E-state index is 0.382. The third-order valence-electron chi connectivity index (χ3n) is 5.18. The zero-order chi connectivity index (χ0) is 22.3. The van der Waals surface area contributed by atoms with Crippen LogP contribution in [-0.2, 0) is 0 Å². The van der Waals surface area contributed by atoms with E-state index < -0.39 is 18.1 Å². The van der Waals surface area contributed by atoms with Crippen molar-refractivity contribution in [1.29, 1.82) is 0 Å². The van der Waals surface area contributed by atoms with Gasteiger partial charge >= 0.3 is 6.03 Å². The number of carbonyl (C=O) groups excluding carboxylic acids is 1. The molecule has 3 nitrogen and oxygen atoms in total. The molecule has 0 unspecified atom stereocenters. The van der Waals surface area contributed by atoms with Crippen molar-refractivity contribution in [3.05, 3.63) is 143 Å². The van der Waals surface area contributed by atoms with Crippen LogP contribution in [0.25, 0.3) is 0 Å². The number of hydrogen-bond donors (Lipinski definition) is 2. The highest BCUT2D eigenvalue weighted by atomic mass is 19.1. The number of urea groups is 1. The predicted octanol–water partition coefficient (Wildman–Crippen LogP) is 6.14. The molecule has 0 radical (unpaired) electrons. The number of amides is 2. The van der Waals surface area contributed by atoms with Crippen LogP contribution in [0.2, 0.25) is 0 Å². The normalized spacial score (nSPS) is 12.6. The van der Waals surface area contributed by atoms with Crippen molar-refractivity contribution in [2.75, 3.05) is 0 Å². The highest BCUT2D eigenvalue weighted by Crippen LogP contribution is 2.25. The summed E-state index contributed by atoms with van der Waals surface area (Å²) in [6.45, 7) is 0. The van der Waals surface area contributed by atoms with Crippen LogP contribution in [0, 0.1) is 11.6 Å². The Morgan fingerprint density at radius 1 is 0.531 bits per heavy atom. The molecule has 2 atom stereocenters. The van der Waals surface area contributed by atoms with E-state index in [4.69, 9.17) is 0 Å². The summed E-state index contributed by atoms with van der Waals surface area (Å²) in [6, 6.07) is 29.4. The molecule has 0 aliphatic rings. The summed E-state index contributed by atoms with van der Waals surface area (Å²) in [5.41, 5.74) is 2.87. The maximum absolute atomic E-state index is 13.9. The SMILES string of the molecule is O=C(N[C@H](c1ccccc1)c1cccc(F)c1)N[C@@H](c1ccccc1)c1cccc(F)c1. The van der Waals surface area contributed by atoms with Gasteiger partial charge in [0.1, 0.15) is 11.6 Å². The molecule has 0 bridgehead atoms. The number of nitrogens with one attached hydrogen (secondary N) is 2. The van der Waals surface area contributed by atoms with E-state index >= 15 is 0 Å². The highest BCUT2D eigenvalue weighted by Gasteiger charge is 2.21. The molecular formula is C27H22F2N2O. The molecular weight excluding hydrogens is 406 g/mol. The second-order valence-electron chi connectivity index (χ2n) is 7.42. The smallest absolute Gasteiger partial charge is 0.316 e. The molecule has 4 aromatic carbocycles. The molecule has 32 heavy (non-hydrogen) atoms. The fraction of sp³-hybridized carbons (Fsp3) is 0.0741. The van der Waals surface area contributed by atoms with Crippen molar-refractivity contribution < 1.29 is 13.6 Å². The van der Waals surface area contributed by atoms with Crippen LogP contribution in [0.1, 0.15) is 34.3 Å². The van der Waals surface area contributed by atoms with Gasteiger partial charge in [-0.15, -0.1) is 0 Å². The third kappa shape index (κ3) is 5.19. The summed E-state index contributed by atoms with van der Waals surface area (Å²) in [7, 11) is 0. The topological polar surface area (TPSA) is 41.1 Å². The molecule has 2 N–H and O–H groups in total. The number of benzene rings is 4. The van der Waals surface area contributed by atoms with Crippen LogP contribution in [0.4, 0.5) is 13.6 Å². The van der Waals surface area contributed by atoms with Gasteiger partial charge in [-0.1, -0.05) is 84.9 Å². The first-order valence-electron chi connectivity index (χ1n) is 10.3. The van der Waals surface area contributed by atoms with E-state index in [2.05, 4.69) is 10.6 Å². The number of carbonyl (C=O) groups is 1. The van der Waals surface area contributed by atoms with Crippen LogP contribution < -0.4 is 10.6 Å². The predicted molar refractivity (Wildman–Crippen MR) is 121 cm³/mol. The van der Waals surface area contributed by atoms with Gasteiger partial charge < -0.3 is 10.6 Å². The van der Waals surface area contributed by atoms with Crippen LogP contribution in [0.5, 0.6) is 0 Å². The number of hydrogen-bond acceptors (Lipinski definition) is 1. The first-order chi connectivity index (χ1) is 15.6. The van der Waals surface area contributed by atoms with E-state index in [9.17, 15) is 13.6 Å². The summed E-state index contributed by atoms with van der Waals surface area (Å²) in [4.78, 5) is 13.1. The Labute approximate surface area is 185 Å². The van der Waals surface area contributed by atoms with Gasteiger partial charge in [0.05, 0.1) is 12.1 Å². The Balaban J connectivity index is 1.63. The molecule has 0 spiro atoms. The lowest BCUT2D eigenvalue weighted by atomic mass is 9.98. The maximum atomic E-state index is 13.9. The first kappa shape index (κ1) is 21.2. The summed E-state index contributed by atoms with van der Waals surface area (Å²) in [5, 5.41) is 5.90. The molecule has 0 saturated carbocycles. The van der Waals surface area contributed by atoms with E-state index in [0.29, 0.717) is 11.1 Å². The molecule has 160 valence electrons. The molecule has 0 fully saturated rings. The summed E-state index contributed by atoms with van der Waals surface area (Å²) in [6.07, 6.45) is 0. The molecule has 4 rings (SSSR count). The second-order valence-corrected chi connectivity index (χ2v) is 7.42. The van der Waals surface area contributed by atoms with E-state index in [1.54, 1.807) is 24.3 Å². The van der Waals surface area contributed by atoms with Gasteiger partial charge in [0.15, 0.2) is 0 Å². The zero-order valence-electron chi connectivity index (χ0n) is 17.2. The highest BCUT2D eigenvalue weighted by molar-refractivity contribution is 5.76. The Bertz CT molecular complexity index is 1090. The monoisotopic (exact) mass is 428 g/mol. The number of halogens is 2. The molecule has 4 aromatic rings. The fourth-order valence-corrected chi connectivity index (χ4v) is 3.69. The van der Waals surface area contributed by atoms with E-state index in [0.717, 1.165) is 11.1 Å². The van der Waals surface area contributed by atoms with Crippen LogP contribution in [-0.4, -0.2) is 6.03 Å². The quantitative estimate of drug-likeness (QED) is 0.380. The van der Waals surface area contributed by atoms with E-state index in [1.807, 2.05) is 60.7 Å². The minimum Gasteiger partial charge on any atom is -0.327 e. The van der Waals surface area contributed by atoms with Crippen molar-refractivity contribution in [3.63, 3.8) is 0 Å². The first-order valence-corrected chi connectivity index (χ1v) is 10.3. The van der Waals surface area contributed by atoms with Gasteiger partial charge in [0, 0.05) is 0 Å². The fourth-order valence-electron chi connectivity index (χ4n) is 3.69. The Morgan fingerprint density at radius 2 is 0.906 bits per heavy atom. The van der Waals surface area contributed by atoms with Crippen molar-refractivity contribution in [3.8, 4) is 0 Å². The molecule has 5 heteroatoms. The lowest BCUT2D eigenvalue weighted by Gasteiger charge is -2.24. The van der Waals surface area contributed by atoms with Crippen LogP contribution in [0.15, 0.2) is 109 Å². The van der Waals surface area contributed by atoms with Crippen molar-refractivity contribution in [1.82, 2.24) is 10.6 Å². The van der Waals surface area contributed by atoms with Crippen LogP contribution >= 0.6 is 0 Å². The molecule has 0 aliphatic carbocycles. The van der Waals surface area contributed by atoms with Gasteiger partial charge in [-0.25, -0.2) is 13.6 Å². The molecule has 2 amide bonds. The summed E-state index contributed by atoms with van der Waals surface area (Å²) >= 11 is 0.